The summed E-state index contributed by atoms with van der Waals surface area (Å²) in [4.78, 5) is 13.2. The van der Waals surface area contributed by atoms with Crippen molar-refractivity contribution in [3.05, 3.63) is 0 Å². The van der Waals surface area contributed by atoms with Gasteiger partial charge in [-0.15, -0.1) is 0 Å². The van der Waals surface area contributed by atoms with E-state index in [9.17, 15) is 4.79 Å². The van der Waals surface area contributed by atoms with Crippen LogP contribution in [0.3, 0.4) is 0 Å². The van der Waals surface area contributed by atoms with Gasteiger partial charge in [0.1, 0.15) is 0 Å². The molecule has 2 aliphatic rings. The lowest BCUT2D eigenvalue weighted by atomic mass is 10.2. The Balaban J connectivity index is 1.54. The fourth-order valence-corrected chi connectivity index (χ4v) is 2.56. The minimum absolute atomic E-state index is 0.0714. The zero-order chi connectivity index (χ0) is 13.0. The second kappa shape index (κ2) is 6.50. The minimum Gasteiger partial charge on any atom is -0.479 e. The molecule has 2 atom stereocenters. The van der Waals surface area contributed by atoms with Crippen molar-refractivity contribution in [1.29, 1.82) is 0 Å². The minimum atomic E-state index is -0.830. The SMILES string of the molecule is CCN(CCNCC1CCC(C(=O)O)O1)C1CC1. The smallest absolute Gasteiger partial charge is 0.332 e. The van der Waals surface area contributed by atoms with Gasteiger partial charge < -0.3 is 15.2 Å². The monoisotopic (exact) mass is 256 g/mol. The molecular weight excluding hydrogens is 232 g/mol. The van der Waals surface area contributed by atoms with Crippen LogP contribution >= 0.6 is 0 Å². The lowest BCUT2D eigenvalue weighted by molar-refractivity contribution is -0.149. The fourth-order valence-electron chi connectivity index (χ4n) is 2.56. The number of nitrogens with one attached hydrogen (secondary N) is 1. The summed E-state index contributed by atoms with van der Waals surface area (Å²) < 4.78 is 5.44. The molecule has 1 aliphatic heterocycles. The largest absolute Gasteiger partial charge is 0.479 e. The number of nitrogens with zero attached hydrogens (tertiary/aromatic N) is 1. The molecule has 18 heavy (non-hydrogen) atoms. The molecule has 2 rings (SSSR count). The van der Waals surface area contributed by atoms with Gasteiger partial charge in [0, 0.05) is 25.7 Å². The molecule has 1 aliphatic carbocycles. The van der Waals surface area contributed by atoms with Gasteiger partial charge in [0.05, 0.1) is 6.10 Å². The summed E-state index contributed by atoms with van der Waals surface area (Å²) in [5, 5.41) is 12.2. The maximum absolute atomic E-state index is 10.7. The van der Waals surface area contributed by atoms with Crippen molar-refractivity contribution in [2.24, 2.45) is 0 Å². The molecule has 2 N–H and O–H groups in total. The van der Waals surface area contributed by atoms with Crippen LogP contribution in [0, 0.1) is 0 Å². The molecule has 5 heteroatoms. The van der Waals surface area contributed by atoms with Crippen LogP contribution in [0.4, 0.5) is 0 Å². The van der Waals surface area contributed by atoms with Gasteiger partial charge in [0.15, 0.2) is 6.10 Å². The van der Waals surface area contributed by atoms with Crippen molar-refractivity contribution in [3.63, 3.8) is 0 Å². The number of rotatable bonds is 8. The zero-order valence-electron chi connectivity index (χ0n) is 11.1. The van der Waals surface area contributed by atoms with Gasteiger partial charge in [-0.3, -0.25) is 4.90 Å². The predicted molar refractivity (Wildman–Crippen MR) is 68.7 cm³/mol. The Labute approximate surface area is 108 Å². The van der Waals surface area contributed by atoms with E-state index >= 15 is 0 Å². The number of carboxylic acids is 1. The van der Waals surface area contributed by atoms with Crippen molar-refractivity contribution in [2.75, 3.05) is 26.2 Å². The maximum Gasteiger partial charge on any atom is 0.332 e. The summed E-state index contributed by atoms with van der Waals surface area (Å²) in [6, 6.07) is 0.816. The molecule has 0 radical (unpaired) electrons. The first kappa shape index (κ1) is 13.8. The molecule has 0 amide bonds. The Morgan fingerprint density at radius 3 is 2.72 bits per heavy atom. The van der Waals surface area contributed by atoms with Gasteiger partial charge in [0.2, 0.25) is 0 Å². The average molecular weight is 256 g/mol. The highest BCUT2D eigenvalue weighted by atomic mass is 16.5. The van der Waals surface area contributed by atoms with Crippen molar-refractivity contribution >= 4 is 5.97 Å². The molecule has 1 saturated carbocycles. The van der Waals surface area contributed by atoms with Crippen molar-refractivity contribution in [1.82, 2.24) is 10.2 Å². The van der Waals surface area contributed by atoms with Gasteiger partial charge in [0.25, 0.3) is 0 Å². The number of likely N-dealkylation sites (N-methyl/N-ethyl adjacent to an activating group) is 1. The molecule has 5 nitrogen and oxygen atoms in total. The Bertz CT molecular complexity index is 281. The number of carboxylic acid groups (broad SMARTS) is 1. The second-order valence-corrected chi connectivity index (χ2v) is 5.23. The van der Waals surface area contributed by atoms with E-state index in [1.807, 2.05) is 0 Å². The van der Waals surface area contributed by atoms with Crippen LogP contribution < -0.4 is 5.32 Å². The van der Waals surface area contributed by atoms with Crippen LogP contribution in [-0.2, 0) is 9.53 Å². The van der Waals surface area contributed by atoms with E-state index in [2.05, 4.69) is 17.1 Å². The van der Waals surface area contributed by atoms with Crippen LogP contribution in [0.15, 0.2) is 0 Å². The number of ether oxygens (including phenoxy) is 1. The van der Waals surface area contributed by atoms with E-state index in [1.165, 1.54) is 12.8 Å². The van der Waals surface area contributed by atoms with Gasteiger partial charge in [-0.05, 0) is 32.2 Å². The fraction of sp³-hybridized carbons (Fsp3) is 0.923. The van der Waals surface area contributed by atoms with E-state index in [4.69, 9.17) is 9.84 Å². The van der Waals surface area contributed by atoms with Gasteiger partial charge in [-0.1, -0.05) is 6.92 Å². The molecule has 0 spiro atoms. The highest BCUT2D eigenvalue weighted by molar-refractivity contribution is 5.72. The summed E-state index contributed by atoms with van der Waals surface area (Å²) in [7, 11) is 0. The van der Waals surface area contributed by atoms with E-state index in [0.717, 1.165) is 38.6 Å². The van der Waals surface area contributed by atoms with Crippen molar-refractivity contribution in [2.45, 2.75) is 50.9 Å². The van der Waals surface area contributed by atoms with Crippen molar-refractivity contribution in [3.8, 4) is 0 Å². The quantitative estimate of drug-likeness (QED) is 0.626. The first-order valence-corrected chi connectivity index (χ1v) is 7.03. The van der Waals surface area contributed by atoms with E-state index in [0.29, 0.717) is 6.42 Å². The third kappa shape index (κ3) is 3.93. The first-order chi connectivity index (χ1) is 8.70. The Kier molecular flexibility index (Phi) is 4.97. The molecule has 1 saturated heterocycles. The number of aliphatic carboxylic acids is 1. The van der Waals surface area contributed by atoms with E-state index in [-0.39, 0.29) is 6.10 Å². The second-order valence-electron chi connectivity index (χ2n) is 5.23. The first-order valence-electron chi connectivity index (χ1n) is 7.03. The highest BCUT2D eigenvalue weighted by Gasteiger charge is 2.30. The van der Waals surface area contributed by atoms with Crippen LogP contribution in [0.2, 0.25) is 0 Å². The molecule has 2 fully saturated rings. The Morgan fingerprint density at radius 1 is 1.39 bits per heavy atom. The predicted octanol–water partition coefficient (Wildman–Crippen LogP) is 0.693. The van der Waals surface area contributed by atoms with Gasteiger partial charge in [-0.2, -0.15) is 0 Å². The summed E-state index contributed by atoms with van der Waals surface area (Å²) in [6.07, 6.45) is 3.67. The third-order valence-electron chi connectivity index (χ3n) is 3.80. The topological polar surface area (TPSA) is 61.8 Å². The molecule has 0 bridgehead atoms. The lowest BCUT2D eigenvalue weighted by Gasteiger charge is -2.20. The van der Waals surface area contributed by atoms with Crippen LogP contribution in [0.5, 0.6) is 0 Å². The zero-order valence-corrected chi connectivity index (χ0v) is 11.1. The molecule has 2 unspecified atom stereocenters. The maximum atomic E-state index is 10.7. The summed E-state index contributed by atoms with van der Waals surface area (Å²) in [5.41, 5.74) is 0. The average Bonchev–Trinajstić information content (AvgIpc) is 3.07. The standard InChI is InChI=1S/C13H24N2O3/c1-2-15(10-3-4-10)8-7-14-9-11-5-6-12(18-11)13(16)17/h10-12,14H,2-9H2,1H3,(H,16,17). The van der Waals surface area contributed by atoms with Crippen LogP contribution in [0.25, 0.3) is 0 Å². The summed E-state index contributed by atoms with van der Waals surface area (Å²) >= 11 is 0. The Hall–Kier alpha value is -0.650. The van der Waals surface area contributed by atoms with Crippen molar-refractivity contribution < 1.29 is 14.6 Å². The summed E-state index contributed by atoms with van der Waals surface area (Å²) in [6.45, 7) is 6.13. The van der Waals surface area contributed by atoms with Gasteiger partial charge in [-0.25, -0.2) is 4.79 Å². The molecule has 0 aromatic rings. The van der Waals surface area contributed by atoms with Gasteiger partial charge >= 0.3 is 5.97 Å². The van der Waals surface area contributed by atoms with E-state index < -0.39 is 12.1 Å². The molecule has 0 aromatic heterocycles. The number of hydrogen-bond donors (Lipinski definition) is 2. The van der Waals surface area contributed by atoms with E-state index in [1.54, 1.807) is 0 Å². The Morgan fingerprint density at radius 2 is 2.17 bits per heavy atom. The van der Waals surface area contributed by atoms with Crippen LogP contribution in [-0.4, -0.2) is 60.4 Å². The normalized spacial score (nSPS) is 27.9. The molecule has 104 valence electrons. The highest BCUT2D eigenvalue weighted by Crippen LogP contribution is 2.25. The summed E-state index contributed by atoms with van der Waals surface area (Å²) in [5.74, 6) is -0.830. The third-order valence-corrected chi connectivity index (χ3v) is 3.80. The lowest BCUT2D eigenvalue weighted by Crippen LogP contribution is -2.36. The number of carbonyl (C=O) groups is 1. The molecular formula is C13H24N2O3. The molecule has 0 aromatic carbocycles. The number of hydrogen-bond acceptors (Lipinski definition) is 4. The molecule has 1 heterocycles. The van der Waals surface area contributed by atoms with Crippen LogP contribution in [0.1, 0.15) is 32.6 Å².